The van der Waals surface area contributed by atoms with E-state index in [0.29, 0.717) is 30.1 Å². The number of anilines is 2. The lowest BCUT2D eigenvalue weighted by molar-refractivity contribution is -0.154. The maximum atomic E-state index is 15.4. The van der Waals surface area contributed by atoms with E-state index in [9.17, 15) is 14.7 Å². The summed E-state index contributed by atoms with van der Waals surface area (Å²) in [6.07, 6.45) is 1.64. The number of amides is 2. The Morgan fingerprint density at radius 3 is 2.32 bits per heavy atom. The summed E-state index contributed by atoms with van der Waals surface area (Å²) in [5, 5.41) is 20.5. The Hall–Kier alpha value is -5.83. The number of benzene rings is 4. The van der Waals surface area contributed by atoms with Gasteiger partial charge in [-0.15, -0.1) is 5.10 Å². The van der Waals surface area contributed by atoms with Gasteiger partial charge in [0, 0.05) is 36.8 Å². The number of esters is 1. The summed E-state index contributed by atoms with van der Waals surface area (Å²) >= 11 is 0. The number of aryl methyl sites for hydroxylation is 1. The van der Waals surface area contributed by atoms with Crippen LogP contribution in [0.2, 0.25) is 18.6 Å². The Morgan fingerprint density at radius 1 is 0.967 bits per heavy atom. The van der Waals surface area contributed by atoms with Crippen LogP contribution in [0.5, 0.6) is 11.5 Å². The zero-order chi connectivity index (χ0) is 42.3. The van der Waals surface area contributed by atoms with Gasteiger partial charge in [-0.2, -0.15) is 0 Å². The van der Waals surface area contributed by atoms with Crippen LogP contribution in [0.15, 0.2) is 103 Å². The third-order valence-electron chi connectivity index (χ3n) is 12.7. The summed E-state index contributed by atoms with van der Waals surface area (Å²) in [6.45, 7) is 8.84. The molecule has 4 heterocycles. The molecule has 5 aromatic rings. The molecule has 0 bridgehead atoms. The van der Waals surface area contributed by atoms with Crippen molar-refractivity contribution in [1.82, 2.24) is 15.0 Å². The molecule has 8 rings (SSSR count). The van der Waals surface area contributed by atoms with Gasteiger partial charge in [0.05, 0.1) is 65.3 Å². The smallest absolute Gasteiger partial charge is 0.304 e. The molecule has 0 saturated carbocycles. The minimum atomic E-state index is -2.43. The van der Waals surface area contributed by atoms with Crippen molar-refractivity contribution in [3.8, 4) is 11.5 Å². The molecule has 0 aliphatic carbocycles. The summed E-state index contributed by atoms with van der Waals surface area (Å²) in [7, 11) is 0.848. The van der Waals surface area contributed by atoms with Gasteiger partial charge in [0.2, 0.25) is 5.91 Å². The van der Waals surface area contributed by atoms with E-state index in [0.717, 1.165) is 28.1 Å². The molecule has 2 unspecified atom stereocenters. The van der Waals surface area contributed by atoms with Crippen LogP contribution in [-0.2, 0) is 42.5 Å². The van der Waals surface area contributed by atoms with E-state index >= 15 is 4.79 Å². The van der Waals surface area contributed by atoms with Crippen molar-refractivity contribution in [3.63, 3.8) is 0 Å². The zero-order valence-corrected chi connectivity index (χ0v) is 35.8. The minimum Gasteiger partial charge on any atom is -0.497 e. The number of carbonyl (C=O) groups excluding carboxylic acids is 3. The molecule has 60 heavy (non-hydrogen) atoms. The zero-order valence-electron chi connectivity index (χ0n) is 34.8. The Morgan fingerprint density at radius 2 is 1.67 bits per heavy atom. The number of aliphatic hydroxyl groups is 1. The molecule has 2 amide bonds. The maximum Gasteiger partial charge on any atom is 0.304 e. The minimum absolute atomic E-state index is 0.00939. The Bertz CT molecular complexity index is 2370. The number of carbonyl (C=O) groups is 3. The fourth-order valence-electron chi connectivity index (χ4n) is 9.67. The van der Waals surface area contributed by atoms with Crippen LogP contribution >= 0.6 is 0 Å². The fourth-order valence-corrected chi connectivity index (χ4v) is 13.7. The van der Waals surface area contributed by atoms with E-state index in [1.165, 1.54) is 17.0 Å². The van der Waals surface area contributed by atoms with E-state index in [1.54, 1.807) is 19.1 Å². The Labute approximate surface area is 350 Å². The Kier molecular flexibility index (Phi) is 11.1. The third-order valence-corrected chi connectivity index (χ3v) is 17.1. The number of rotatable bonds is 14. The fraction of sp³-hybridized carbons (Fsp3) is 0.370. The molecular weight excluding hydrogens is 779 g/mol. The highest BCUT2D eigenvalue weighted by atomic mass is 28.3. The molecule has 3 aliphatic heterocycles. The number of β-lactam (4-membered cyclic amide) rings is 1. The summed E-state index contributed by atoms with van der Waals surface area (Å²) in [4.78, 5) is 42.8. The number of fused-ring (bicyclic) bond motifs is 2. The number of hydrogen-bond donors (Lipinski definition) is 1. The second kappa shape index (κ2) is 16.3. The van der Waals surface area contributed by atoms with Crippen molar-refractivity contribution in [1.29, 1.82) is 0 Å². The summed E-state index contributed by atoms with van der Waals surface area (Å²) in [5.74, 6) is 0.147. The molecule has 1 spiro atoms. The van der Waals surface area contributed by atoms with Crippen LogP contribution < -0.4 is 24.5 Å². The SMILES string of the molecule is COc1ccc([Si](C)(C)[C@H]2[C@H](CCn3cc(C(CO)c4ccccc4)nn3)O[C@@]3(C(=O)N(Cc4ccc(N5C(=O)CC5OC(C)=O)cc4)c4ccc(OC)cc43)[C@@H]2C)cc1. The van der Waals surface area contributed by atoms with Crippen molar-refractivity contribution in [2.24, 2.45) is 5.92 Å². The van der Waals surface area contributed by atoms with Crippen LogP contribution in [-0.4, -0.2) is 79.1 Å². The van der Waals surface area contributed by atoms with Gasteiger partial charge in [-0.05, 0) is 65.6 Å². The highest BCUT2D eigenvalue weighted by molar-refractivity contribution is 6.91. The molecule has 4 aromatic carbocycles. The first-order valence-corrected chi connectivity index (χ1v) is 23.4. The van der Waals surface area contributed by atoms with E-state index in [-0.39, 0.29) is 54.9 Å². The first kappa shape index (κ1) is 40.9. The highest BCUT2D eigenvalue weighted by Crippen LogP contribution is 2.60. The molecule has 14 heteroatoms. The molecular formula is C46H51N5O8Si. The predicted octanol–water partition coefficient (Wildman–Crippen LogP) is 5.90. The number of methoxy groups -OCH3 is 2. The lowest BCUT2D eigenvalue weighted by Gasteiger charge is -2.39. The van der Waals surface area contributed by atoms with Gasteiger partial charge < -0.3 is 29.0 Å². The number of hydrogen-bond acceptors (Lipinski definition) is 10. The number of aromatic nitrogens is 3. The van der Waals surface area contributed by atoms with Crippen molar-refractivity contribution in [2.75, 3.05) is 30.6 Å². The number of nitrogens with zero attached hydrogens (tertiary/aromatic N) is 5. The monoisotopic (exact) mass is 829 g/mol. The van der Waals surface area contributed by atoms with Gasteiger partial charge in [-0.25, -0.2) is 0 Å². The molecule has 3 aliphatic rings. The van der Waals surface area contributed by atoms with Gasteiger partial charge >= 0.3 is 5.97 Å². The van der Waals surface area contributed by atoms with E-state index < -0.39 is 25.9 Å². The quantitative estimate of drug-likeness (QED) is 0.0817. The molecule has 1 N–H and O–H groups in total. The first-order valence-electron chi connectivity index (χ1n) is 20.4. The summed E-state index contributed by atoms with van der Waals surface area (Å²) in [6, 6.07) is 31.2. The highest BCUT2D eigenvalue weighted by Gasteiger charge is 2.66. The van der Waals surface area contributed by atoms with E-state index in [2.05, 4.69) is 42.5 Å². The van der Waals surface area contributed by atoms with Gasteiger partial charge in [0.15, 0.2) is 11.8 Å². The lowest BCUT2D eigenvalue weighted by atomic mass is 9.82. The van der Waals surface area contributed by atoms with Crippen LogP contribution in [0.1, 0.15) is 55.0 Å². The molecule has 2 fully saturated rings. The van der Waals surface area contributed by atoms with Gasteiger partial charge in [-0.3, -0.25) is 24.0 Å². The molecule has 312 valence electrons. The van der Waals surface area contributed by atoms with E-state index in [1.807, 2.05) is 95.8 Å². The summed E-state index contributed by atoms with van der Waals surface area (Å²) in [5.41, 5.74) is 3.33. The van der Waals surface area contributed by atoms with Crippen LogP contribution in [0, 0.1) is 5.92 Å². The van der Waals surface area contributed by atoms with Crippen LogP contribution in [0.25, 0.3) is 0 Å². The van der Waals surface area contributed by atoms with Crippen LogP contribution in [0.4, 0.5) is 11.4 Å². The number of aliphatic hydroxyl groups excluding tert-OH is 1. The maximum absolute atomic E-state index is 15.4. The van der Waals surface area contributed by atoms with Crippen LogP contribution in [0.3, 0.4) is 0 Å². The standard InChI is InChI=1S/C46H51N5O8Si/c1-29-44(60(5,6)36-19-16-34(56-3)17-20-36)41(22-23-49-27-39(47-48-49)37(28-52)32-10-8-7-9-11-32)59-46(29)38-24-35(57-4)18-21-40(38)50(45(46)55)26-31-12-14-33(15-13-31)51-42(54)25-43(51)58-30(2)53/h7-21,24,27,29,37,41,43-44,52H,22-23,25-26,28H2,1-6H3/t29-,37?,41+,43?,44-,46+/m1/s1. The van der Waals surface area contributed by atoms with Crippen molar-refractivity contribution >= 4 is 42.4 Å². The molecule has 1 aromatic heterocycles. The average molecular weight is 830 g/mol. The second-order valence-electron chi connectivity index (χ2n) is 16.5. The van der Waals surface area contributed by atoms with Crippen molar-refractivity contribution < 1.29 is 38.4 Å². The molecule has 0 radical (unpaired) electrons. The molecule has 6 atom stereocenters. The Balaban J connectivity index is 1.13. The average Bonchev–Trinajstić information content (AvgIpc) is 3.90. The van der Waals surface area contributed by atoms with Gasteiger partial charge in [-0.1, -0.05) is 85.0 Å². The van der Waals surface area contributed by atoms with Gasteiger partial charge in [0.1, 0.15) is 11.5 Å². The number of ether oxygens (including phenoxy) is 4. The molecule has 13 nitrogen and oxygen atoms in total. The molecule has 2 saturated heterocycles. The summed E-state index contributed by atoms with van der Waals surface area (Å²) < 4.78 is 25.8. The lowest BCUT2D eigenvalue weighted by Crippen LogP contribution is -2.54. The predicted molar refractivity (Wildman–Crippen MR) is 228 cm³/mol. The van der Waals surface area contributed by atoms with Crippen molar-refractivity contribution in [3.05, 3.63) is 126 Å². The third kappa shape index (κ3) is 7.15. The van der Waals surface area contributed by atoms with Gasteiger partial charge in [0.25, 0.3) is 5.91 Å². The topological polar surface area (TPSA) is 146 Å². The van der Waals surface area contributed by atoms with E-state index in [4.69, 9.17) is 18.9 Å². The first-order chi connectivity index (χ1) is 28.9. The second-order valence-corrected chi connectivity index (χ2v) is 21.2. The van der Waals surface area contributed by atoms with Crippen molar-refractivity contribution in [2.45, 2.75) is 82.3 Å². The largest absolute Gasteiger partial charge is 0.497 e. The normalized spacial score (nSPS) is 22.8.